The molecule has 34 heavy (non-hydrogen) atoms. The maximum absolute atomic E-state index is 12.8. The maximum Gasteiger partial charge on any atom is 0.328 e. The van der Waals surface area contributed by atoms with Crippen molar-refractivity contribution in [3.63, 3.8) is 0 Å². The lowest BCUT2D eigenvalue weighted by Gasteiger charge is -2.10. The molecule has 0 fully saturated rings. The van der Waals surface area contributed by atoms with E-state index in [1.807, 2.05) is 30.3 Å². The highest BCUT2D eigenvalue weighted by Crippen LogP contribution is 2.15. The van der Waals surface area contributed by atoms with E-state index in [0.717, 1.165) is 16.3 Å². The molecule has 0 atom stereocenters. The smallest absolute Gasteiger partial charge is 0.328 e. The third kappa shape index (κ3) is 5.05. The van der Waals surface area contributed by atoms with Gasteiger partial charge in [-0.25, -0.2) is 9.48 Å². The van der Waals surface area contributed by atoms with Gasteiger partial charge in [0.1, 0.15) is 5.56 Å². The van der Waals surface area contributed by atoms with Crippen molar-refractivity contribution in [2.45, 2.75) is 13.1 Å². The summed E-state index contributed by atoms with van der Waals surface area (Å²) in [6.45, 7) is 0.0655. The summed E-state index contributed by atoms with van der Waals surface area (Å²) in [5.74, 6) is -0.679. The molecule has 4 rings (SSSR count). The van der Waals surface area contributed by atoms with Gasteiger partial charge < -0.3 is 10.3 Å². The van der Waals surface area contributed by atoms with Crippen molar-refractivity contribution < 1.29 is 4.79 Å². The van der Waals surface area contributed by atoms with E-state index in [4.69, 9.17) is 11.6 Å². The highest BCUT2D eigenvalue weighted by molar-refractivity contribution is 6.31. The fraction of sp³-hybridized carbons (Fsp3) is 0.125. The third-order valence-corrected chi connectivity index (χ3v) is 5.51. The van der Waals surface area contributed by atoms with Gasteiger partial charge >= 0.3 is 5.69 Å². The quantitative estimate of drug-likeness (QED) is 0.421. The molecule has 4 aromatic rings. The number of halogens is 1. The first-order valence-electron chi connectivity index (χ1n) is 10.4. The lowest BCUT2D eigenvalue weighted by Crippen LogP contribution is -2.41. The van der Waals surface area contributed by atoms with Crippen molar-refractivity contribution in [2.75, 3.05) is 6.54 Å². The van der Waals surface area contributed by atoms with Crippen LogP contribution >= 0.6 is 11.6 Å². The molecule has 9 nitrogen and oxygen atoms in total. The van der Waals surface area contributed by atoms with E-state index in [2.05, 4.69) is 15.4 Å². The molecule has 2 aromatic heterocycles. The summed E-state index contributed by atoms with van der Waals surface area (Å²) in [6.07, 6.45) is 1.07. The molecule has 0 saturated carbocycles. The summed E-state index contributed by atoms with van der Waals surface area (Å²) in [7, 11) is 0. The topological polar surface area (TPSA) is 119 Å². The number of H-pyrrole nitrogens is 1. The Morgan fingerprint density at radius 2 is 1.71 bits per heavy atom. The van der Waals surface area contributed by atoms with Gasteiger partial charge in [0.2, 0.25) is 0 Å². The summed E-state index contributed by atoms with van der Waals surface area (Å²) in [6, 6.07) is 19.2. The van der Waals surface area contributed by atoms with Gasteiger partial charge in [0.05, 0.1) is 18.8 Å². The van der Waals surface area contributed by atoms with Crippen molar-refractivity contribution in [2.24, 2.45) is 0 Å². The zero-order valence-electron chi connectivity index (χ0n) is 17.9. The summed E-state index contributed by atoms with van der Waals surface area (Å²) >= 11 is 6.13. The second kappa shape index (κ2) is 10.1. The summed E-state index contributed by atoms with van der Waals surface area (Å²) in [5.41, 5.74) is 0.0860. The van der Waals surface area contributed by atoms with Crippen LogP contribution in [0.25, 0.3) is 11.3 Å². The van der Waals surface area contributed by atoms with E-state index >= 15 is 0 Å². The maximum atomic E-state index is 12.8. The molecule has 0 saturated heterocycles. The molecule has 0 aliphatic carbocycles. The molecule has 0 bridgehead atoms. The van der Waals surface area contributed by atoms with Gasteiger partial charge in [0, 0.05) is 29.4 Å². The summed E-state index contributed by atoms with van der Waals surface area (Å²) < 4.78 is 2.15. The van der Waals surface area contributed by atoms with Crippen LogP contribution in [0, 0.1) is 0 Å². The molecular weight excluding hydrogens is 458 g/mol. The van der Waals surface area contributed by atoms with E-state index in [-0.39, 0.29) is 30.8 Å². The Morgan fingerprint density at radius 3 is 2.47 bits per heavy atom. The van der Waals surface area contributed by atoms with Gasteiger partial charge in [-0.3, -0.25) is 19.0 Å². The lowest BCUT2D eigenvalue weighted by molar-refractivity contribution is 0.0949. The van der Waals surface area contributed by atoms with Crippen LogP contribution < -0.4 is 22.1 Å². The van der Waals surface area contributed by atoms with Crippen LogP contribution in [0.3, 0.4) is 0 Å². The predicted octanol–water partition coefficient (Wildman–Crippen LogP) is 1.89. The molecule has 1 amide bonds. The molecule has 2 aromatic carbocycles. The third-order valence-electron chi connectivity index (χ3n) is 5.14. The van der Waals surface area contributed by atoms with Crippen molar-refractivity contribution in [1.29, 1.82) is 0 Å². The fourth-order valence-electron chi connectivity index (χ4n) is 3.36. The predicted molar refractivity (Wildman–Crippen MR) is 128 cm³/mol. The molecule has 0 aliphatic rings. The Bertz CT molecular complexity index is 1510. The zero-order valence-corrected chi connectivity index (χ0v) is 18.7. The van der Waals surface area contributed by atoms with E-state index in [9.17, 15) is 19.2 Å². The number of nitrogens with one attached hydrogen (secondary N) is 2. The van der Waals surface area contributed by atoms with Crippen LogP contribution in [0.15, 0.2) is 87.3 Å². The minimum Gasteiger partial charge on any atom is -0.350 e. The van der Waals surface area contributed by atoms with Crippen molar-refractivity contribution in [1.82, 2.24) is 24.6 Å². The second-order valence-corrected chi connectivity index (χ2v) is 7.80. The molecule has 0 spiro atoms. The van der Waals surface area contributed by atoms with Gasteiger partial charge in [-0.05, 0) is 17.7 Å². The minimum absolute atomic E-state index is 0.0487. The average Bonchev–Trinajstić information content (AvgIpc) is 2.84. The average molecular weight is 478 g/mol. The van der Waals surface area contributed by atoms with Gasteiger partial charge in [0.15, 0.2) is 0 Å². The zero-order chi connectivity index (χ0) is 24.1. The van der Waals surface area contributed by atoms with Crippen LogP contribution in [0.5, 0.6) is 0 Å². The number of aromatic amines is 1. The molecule has 172 valence electrons. The number of benzene rings is 2. The first-order chi connectivity index (χ1) is 16.4. The van der Waals surface area contributed by atoms with Gasteiger partial charge in [-0.1, -0.05) is 60.1 Å². The normalized spacial score (nSPS) is 10.7. The SMILES string of the molecule is O=C(NCCn1nc(-c2ccccc2)ccc1=O)c1c[nH]c(=O)n(Cc2ccccc2Cl)c1=O. The van der Waals surface area contributed by atoms with Crippen LogP contribution in [-0.2, 0) is 13.1 Å². The number of hydrogen-bond acceptors (Lipinski definition) is 5. The van der Waals surface area contributed by atoms with Crippen LogP contribution in [0.4, 0.5) is 0 Å². The number of amides is 1. The van der Waals surface area contributed by atoms with E-state index in [1.54, 1.807) is 30.3 Å². The largest absolute Gasteiger partial charge is 0.350 e. The first-order valence-corrected chi connectivity index (χ1v) is 10.8. The lowest BCUT2D eigenvalue weighted by atomic mass is 10.1. The van der Waals surface area contributed by atoms with Crippen LogP contribution in [0.1, 0.15) is 15.9 Å². The summed E-state index contributed by atoms with van der Waals surface area (Å²) in [5, 5.41) is 7.34. The fourth-order valence-corrected chi connectivity index (χ4v) is 3.55. The Hall–Kier alpha value is -4.24. The highest BCUT2D eigenvalue weighted by atomic mass is 35.5. The molecule has 2 heterocycles. The monoisotopic (exact) mass is 477 g/mol. The van der Waals surface area contributed by atoms with E-state index in [0.29, 0.717) is 16.3 Å². The van der Waals surface area contributed by atoms with Crippen LogP contribution in [0.2, 0.25) is 5.02 Å². The van der Waals surface area contributed by atoms with Gasteiger partial charge in [0.25, 0.3) is 17.0 Å². The second-order valence-electron chi connectivity index (χ2n) is 7.39. The van der Waals surface area contributed by atoms with Crippen molar-refractivity contribution >= 4 is 17.5 Å². The van der Waals surface area contributed by atoms with E-state index in [1.165, 1.54) is 10.7 Å². The standard InChI is InChI=1S/C24H20ClN5O4/c25-19-9-5-4-8-17(19)15-29-23(33)18(14-27-24(29)34)22(32)26-12-13-30-21(31)11-10-20(28-30)16-6-2-1-3-7-16/h1-11,14H,12-13,15H2,(H,26,32)(H,27,34). The number of nitrogens with zero attached hydrogens (tertiary/aromatic N) is 3. The summed E-state index contributed by atoms with van der Waals surface area (Å²) in [4.78, 5) is 52.2. The number of carbonyl (C=O) groups is 1. The number of aromatic nitrogens is 4. The Labute approximate surface area is 198 Å². The molecule has 0 radical (unpaired) electrons. The van der Waals surface area contributed by atoms with Crippen molar-refractivity contribution in [3.05, 3.63) is 120 Å². The molecule has 0 aliphatic heterocycles. The number of rotatable bonds is 7. The highest BCUT2D eigenvalue weighted by Gasteiger charge is 2.15. The first kappa shape index (κ1) is 22.9. The van der Waals surface area contributed by atoms with E-state index < -0.39 is 17.2 Å². The van der Waals surface area contributed by atoms with Gasteiger partial charge in [-0.2, -0.15) is 5.10 Å². The molecule has 10 heteroatoms. The Kier molecular flexibility index (Phi) is 6.84. The Balaban J connectivity index is 1.48. The number of carbonyl (C=O) groups excluding carboxylic acids is 1. The molecule has 2 N–H and O–H groups in total. The molecular formula is C24H20ClN5O4. The number of hydrogen-bond donors (Lipinski definition) is 2. The Morgan fingerprint density at radius 1 is 0.971 bits per heavy atom. The molecule has 0 unspecified atom stereocenters. The van der Waals surface area contributed by atoms with Crippen molar-refractivity contribution in [3.8, 4) is 11.3 Å². The van der Waals surface area contributed by atoms with Crippen LogP contribution in [-0.4, -0.2) is 31.8 Å². The minimum atomic E-state index is -0.748. The van der Waals surface area contributed by atoms with Gasteiger partial charge in [-0.15, -0.1) is 0 Å².